The van der Waals surface area contributed by atoms with Crippen molar-refractivity contribution >= 4 is 11.6 Å². The van der Waals surface area contributed by atoms with Gasteiger partial charge < -0.3 is 15.0 Å². The van der Waals surface area contributed by atoms with E-state index in [0.717, 1.165) is 44.7 Å². The van der Waals surface area contributed by atoms with Gasteiger partial charge in [-0.3, -0.25) is 4.79 Å². The van der Waals surface area contributed by atoms with Gasteiger partial charge in [0.25, 0.3) is 5.91 Å². The molecule has 142 valence electrons. The summed E-state index contributed by atoms with van der Waals surface area (Å²) in [4.78, 5) is 15.1. The van der Waals surface area contributed by atoms with E-state index in [1.807, 2.05) is 18.2 Å². The van der Waals surface area contributed by atoms with Gasteiger partial charge in [-0.05, 0) is 55.5 Å². The van der Waals surface area contributed by atoms with E-state index in [0.29, 0.717) is 6.54 Å². The number of anilines is 1. The number of nitrogens with one attached hydrogen (secondary N) is 1. The molecule has 2 aliphatic rings. The second kappa shape index (κ2) is 8.13. The van der Waals surface area contributed by atoms with Crippen molar-refractivity contribution in [2.45, 2.75) is 31.1 Å². The zero-order chi connectivity index (χ0) is 18.5. The van der Waals surface area contributed by atoms with E-state index in [-0.39, 0.29) is 11.3 Å². The molecule has 4 nitrogen and oxygen atoms in total. The maximum atomic E-state index is 12.7. The summed E-state index contributed by atoms with van der Waals surface area (Å²) >= 11 is 0. The highest BCUT2D eigenvalue weighted by atomic mass is 16.5. The first-order valence-corrected chi connectivity index (χ1v) is 10.0. The molecule has 0 aromatic heterocycles. The number of carbonyl (C=O) groups excluding carboxylic acids is 1. The number of amides is 1. The maximum Gasteiger partial charge on any atom is 0.251 e. The van der Waals surface area contributed by atoms with Crippen molar-refractivity contribution in [1.29, 1.82) is 0 Å². The van der Waals surface area contributed by atoms with Crippen molar-refractivity contribution in [3.05, 3.63) is 65.7 Å². The van der Waals surface area contributed by atoms with Crippen LogP contribution >= 0.6 is 0 Å². The van der Waals surface area contributed by atoms with Crippen LogP contribution in [-0.2, 0) is 10.2 Å². The van der Waals surface area contributed by atoms with E-state index in [2.05, 4.69) is 46.6 Å². The summed E-state index contributed by atoms with van der Waals surface area (Å²) < 4.78 is 5.58. The van der Waals surface area contributed by atoms with Gasteiger partial charge in [-0.15, -0.1) is 0 Å². The molecule has 1 amide bonds. The zero-order valence-electron chi connectivity index (χ0n) is 15.8. The molecule has 0 spiro atoms. The Labute approximate surface area is 161 Å². The van der Waals surface area contributed by atoms with Crippen molar-refractivity contribution in [3.8, 4) is 0 Å². The molecule has 0 atom stereocenters. The van der Waals surface area contributed by atoms with Gasteiger partial charge in [0.05, 0.1) is 0 Å². The standard InChI is InChI=1S/C23H28N2O2/c26-22(19-8-10-21(11-9-19)25-14-4-5-15-25)24-18-23(12-16-27-17-13-23)20-6-2-1-3-7-20/h1-3,6-11H,4-5,12-18H2,(H,24,26). The highest BCUT2D eigenvalue weighted by Crippen LogP contribution is 2.34. The number of nitrogens with zero attached hydrogens (tertiary/aromatic N) is 1. The Kier molecular flexibility index (Phi) is 5.44. The van der Waals surface area contributed by atoms with Crippen LogP contribution < -0.4 is 10.2 Å². The molecule has 0 bridgehead atoms. The molecule has 2 aromatic rings. The lowest BCUT2D eigenvalue weighted by Crippen LogP contribution is -2.44. The molecule has 0 aliphatic carbocycles. The van der Waals surface area contributed by atoms with Crippen molar-refractivity contribution in [2.24, 2.45) is 0 Å². The number of hydrogen-bond acceptors (Lipinski definition) is 3. The lowest BCUT2D eigenvalue weighted by molar-refractivity contribution is 0.0487. The summed E-state index contributed by atoms with van der Waals surface area (Å²) in [6, 6.07) is 18.6. The van der Waals surface area contributed by atoms with Crippen LogP contribution in [0, 0.1) is 0 Å². The third kappa shape index (κ3) is 4.01. The van der Waals surface area contributed by atoms with Crippen LogP contribution in [0.3, 0.4) is 0 Å². The van der Waals surface area contributed by atoms with E-state index >= 15 is 0 Å². The minimum atomic E-state index is -0.0370. The first kappa shape index (κ1) is 18.1. The summed E-state index contributed by atoms with van der Waals surface area (Å²) in [5.74, 6) is 0.00442. The molecule has 2 heterocycles. The molecular formula is C23H28N2O2. The van der Waals surface area contributed by atoms with Crippen LogP contribution in [-0.4, -0.2) is 38.8 Å². The van der Waals surface area contributed by atoms with E-state index in [1.165, 1.54) is 24.1 Å². The van der Waals surface area contributed by atoms with Crippen LogP contribution in [0.15, 0.2) is 54.6 Å². The molecule has 1 N–H and O–H groups in total. The highest BCUT2D eigenvalue weighted by Gasteiger charge is 2.34. The Morgan fingerprint density at radius 3 is 2.30 bits per heavy atom. The molecule has 0 radical (unpaired) electrons. The molecule has 4 heteroatoms. The molecule has 0 saturated carbocycles. The predicted octanol–water partition coefficient (Wildman–Crippen LogP) is 3.77. The van der Waals surface area contributed by atoms with E-state index in [1.54, 1.807) is 0 Å². The van der Waals surface area contributed by atoms with Crippen LogP contribution in [0.4, 0.5) is 5.69 Å². The summed E-state index contributed by atoms with van der Waals surface area (Å²) in [5, 5.41) is 3.19. The van der Waals surface area contributed by atoms with Crippen LogP contribution in [0.1, 0.15) is 41.6 Å². The average Bonchev–Trinajstić information content (AvgIpc) is 3.28. The quantitative estimate of drug-likeness (QED) is 0.878. The van der Waals surface area contributed by atoms with Crippen LogP contribution in [0.2, 0.25) is 0 Å². The normalized spacial score (nSPS) is 19.0. The Morgan fingerprint density at radius 1 is 0.963 bits per heavy atom. The fraction of sp³-hybridized carbons (Fsp3) is 0.435. The van der Waals surface area contributed by atoms with Gasteiger partial charge in [-0.25, -0.2) is 0 Å². The number of rotatable bonds is 5. The van der Waals surface area contributed by atoms with Crippen molar-refractivity contribution in [1.82, 2.24) is 5.32 Å². The lowest BCUT2D eigenvalue weighted by Gasteiger charge is -2.38. The monoisotopic (exact) mass is 364 g/mol. The molecule has 0 unspecified atom stereocenters. The van der Waals surface area contributed by atoms with Gasteiger partial charge in [0.15, 0.2) is 0 Å². The van der Waals surface area contributed by atoms with Crippen LogP contribution in [0.5, 0.6) is 0 Å². The molecule has 27 heavy (non-hydrogen) atoms. The van der Waals surface area contributed by atoms with E-state index in [4.69, 9.17) is 4.74 Å². The SMILES string of the molecule is O=C(NCC1(c2ccccc2)CCOCC1)c1ccc(N2CCCC2)cc1. The number of benzene rings is 2. The van der Waals surface area contributed by atoms with Gasteiger partial charge in [-0.1, -0.05) is 30.3 Å². The van der Waals surface area contributed by atoms with Crippen LogP contribution in [0.25, 0.3) is 0 Å². The highest BCUT2D eigenvalue weighted by molar-refractivity contribution is 5.94. The van der Waals surface area contributed by atoms with Crippen molar-refractivity contribution in [3.63, 3.8) is 0 Å². The third-order valence-electron chi connectivity index (χ3n) is 6.02. The van der Waals surface area contributed by atoms with Gasteiger partial charge in [0.2, 0.25) is 0 Å². The number of ether oxygens (including phenoxy) is 1. The average molecular weight is 364 g/mol. The molecule has 2 fully saturated rings. The summed E-state index contributed by atoms with van der Waals surface area (Å²) in [6.45, 7) is 4.37. The van der Waals surface area contributed by atoms with E-state index < -0.39 is 0 Å². The first-order valence-electron chi connectivity index (χ1n) is 10.0. The van der Waals surface area contributed by atoms with Gasteiger partial charge in [0.1, 0.15) is 0 Å². The van der Waals surface area contributed by atoms with Crippen molar-refractivity contribution < 1.29 is 9.53 Å². The zero-order valence-corrected chi connectivity index (χ0v) is 15.8. The second-order valence-corrected chi connectivity index (χ2v) is 7.68. The largest absolute Gasteiger partial charge is 0.381 e. The molecule has 2 aromatic carbocycles. The first-order chi connectivity index (χ1) is 13.3. The Bertz CT molecular complexity index is 746. The third-order valence-corrected chi connectivity index (χ3v) is 6.02. The maximum absolute atomic E-state index is 12.7. The minimum Gasteiger partial charge on any atom is -0.381 e. The molecule has 2 saturated heterocycles. The van der Waals surface area contributed by atoms with Gasteiger partial charge in [0, 0.05) is 49.5 Å². The summed E-state index contributed by atoms with van der Waals surface area (Å²) in [6.07, 6.45) is 4.39. The minimum absolute atomic E-state index is 0.00442. The smallest absolute Gasteiger partial charge is 0.251 e. The summed E-state index contributed by atoms with van der Waals surface area (Å²) in [7, 11) is 0. The predicted molar refractivity (Wildman–Crippen MR) is 108 cm³/mol. The number of carbonyl (C=O) groups is 1. The topological polar surface area (TPSA) is 41.6 Å². The Hall–Kier alpha value is -2.33. The Balaban J connectivity index is 1.43. The molecule has 2 aliphatic heterocycles. The molecular weight excluding hydrogens is 336 g/mol. The fourth-order valence-electron chi connectivity index (χ4n) is 4.27. The lowest BCUT2D eigenvalue weighted by atomic mass is 9.74. The number of hydrogen-bond donors (Lipinski definition) is 1. The van der Waals surface area contributed by atoms with Gasteiger partial charge >= 0.3 is 0 Å². The van der Waals surface area contributed by atoms with Gasteiger partial charge in [-0.2, -0.15) is 0 Å². The Morgan fingerprint density at radius 2 is 1.63 bits per heavy atom. The molecule has 4 rings (SSSR count). The second-order valence-electron chi connectivity index (χ2n) is 7.68. The van der Waals surface area contributed by atoms with Crippen molar-refractivity contribution in [2.75, 3.05) is 37.7 Å². The summed E-state index contributed by atoms with van der Waals surface area (Å²) in [5.41, 5.74) is 3.20. The van der Waals surface area contributed by atoms with E-state index in [9.17, 15) is 4.79 Å². The fourth-order valence-corrected chi connectivity index (χ4v) is 4.27.